The van der Waals surface area contributed by atoms with Crippen LogP contribution in [-0.4, -0.2) is 52.2 Å². The minimum atomic E-state index is -3.54. The summed E-state index contributed by atoms with van der Waals surface area (Å²) in [6.45, 7) is 1.07. The lowest BCUT2D eigenvalue weighted by molar-refractivity contribution is 0.0955. The van der Waals surface area contributed by atoms with Crippen LogP contribution in [0.25, 0.3) is 0 Å². The molecule has 8 nitrogen and oxygen atoms in total. The molecule has 0 spiro atoms. The first-order chi connectivity index (χ1) is 15.0. The summed E-state index contributed by atoms with van der Waals surface area (Å²) in [5.74, 6) is 0.716. The fraction of sp³-hybridized carbons (Fsp3) is 0.364. The molecule has 1 aliphatic heterocycles. The van der Waals surface area contributed by atoms with E-state index in [1.54, 1.807) is 25.3 Å². The Morgan fingerprint density at radius 3 is 2.23 bits per heavy atom. The number of nitrogens with zero attached hydrogens (tertiary/aromatic N) is 2. The highest BCUT2D eigenvalue weighted by atomic mass is 32.2. The van der Waals surface area contributed by atoms with Crippen LogP contribution in [-0.2, 0) is 10.0 Å². The van der Waals surface area contributed by atoms with Crippen molar-refractivity contribution in [2.75, 3.05) is 27.3 Å². The molecule has 1 N–H and O–H groups in total. The van der Waals surface area contributed by atoms with Gasteiger partial charge in [-0.05, 0) is 60.9 Å². The lowest BCUT2D eigenvalue weighted by atomic mass is 10.2. The number of hydrogen-bond acceptors (Lipinski definition) is 6. The molecule has 2 aromatic rings. The smallest absolute Gasteiger partial charge is 0.271 e. The Kier molecular flexibility index (Phi) is 7.64. The van der Waals surface area contributed by atoms with Crippen molar-refractivity contribution in [1.82, 2.24) is 9.73 Å². The number of sulfonamides is 1. The standard InChI is InChI=1S/C22H27N3O5S/c1-29-20-12-7-17(15-21(20)30-2)16-23-24-22(26)18-8-10-19(11-9-18)31(27,28)25-13-5-3-4-6-14-25/h7-12,15-16H,3-6,13-14H2,1-2H3,(H,24,26). The van der Waals surface area contributed by atoms with Gasteiger partial charge in [-0.2, -0.15) is 9.41 Å². The topological polar surface area (TPSA) is 97.3 Å². The SMILES string of the molecule is COc1ccc(C=NNC(=O)c2ccc(S(=O)(=O)N3CCCCCC3)cc2)cc1OC. The van der Waals surface area contributed by atoms with Crippen LogP contribution in [0.4, 0.5) is 0 Å². The molecule has 2 aromatic carbocycles. The number of methoxy groups -OCH3 is 2. The number of amides is 1. The van der Waals surface area contributed by atoms with E-state index in [9.17, 15) is 13.2 Å². The van der Waals surface area contributed by atoms with Crippen molar-refractivity contribution in [1.29, 1.82) is 0 Å². The fourth-order valence-electron chi connectivity index (χ4n) is 3.37. The van der Waals surface area contributed by atoms with Crippen molar-refractivity contribution in [2.24, 2.45) is 5.10 Å². The van der Waals surface area contributed by atoms with Crippen molar-refractivity contribution in [3.05, 3.63) is 53.6 Å². The van der Waals surface area contributed by atoms with E-state index in [2.05, 4.69) is 10.5 Å². The predicted octanol–water partition coefficient (Wildman–Crippen LogP) is 3.03. The maximum atomic E-state index is 12.8. The molecule has 3 rings (SSSR count). The first-order valence-corrected chi connectivity index (χ1v) is 11.6. The quantitative estimate of drug-likeness (QED) is 0.522. The van der Waals surface area contributed by atoms with Gasteiger partial charge >= 0.3 is 0 Å². The van der Waals surface area contributed by atoms with Crippen LogP contribution in [0.3, 0.4) is 0 Å². The summed E-state index contributed by atoms with van der Waals surface area (Å²) in [4.78, 5) is 12.5. The molecule has 0 unspecified atom stereocenters. The highest BCUT2D eigenvalue weighted by Crippen LogP contribution is 2.27. The molecule has 31 heavy (non-hydrogen) atoms. The van der Waals surface area contributed by atoms with Gasteiger partial charge in [0, 0.05) is 18.7 Å². The summed E-state index contributed by atoms with van der Waals surface area (Å²) >= 11 is 0. The fourth-order valence-corrected chi connectivity index (χ4v) is 4.89. The number of nitrogens with one attached hydrogen (secondary N) is 1. The minimum absolute atomic E-state index is 0.194. The summed E-state index contributed by atoms with van der Waals surface area (Å²) in [6, 6.07) is 11.2. The summed E-state index contributed by atoms with van der Waals surface area (Å²) in [5, 5.41) is 3.96. The van der Waals surface area contributed by atoms with Crippen LogP contribution in [0.5, 0.6) is 11.5 Å². The van der Waals surface area contributed by atoms with E-state index < -0.39 is 15.9 Å². The molecule has 0 atom stereocenters. The van der Waals surface area contributed by atoms with Crippen LogP contribution in [0, 0.1) is 0 Å². The first-order valence-electron chi connectivity index (χ1n) is 10.1. The second-order valence-corrected chi connectivity index (χ2v) is 9.09. The van der Waals surface area contributed by atoms with Crippen molar-refractivity contribution in [2.45, 2.75) is 30.6 Å². The Morgan fingerprint density at radius 1 is 0.968 bits per heavy atom. The Morgan fingerprint density at radius 2 is 1.61 bits per heavy atom. The Hall–Kier alpha value is -2.91. The Bertz CT molecular complexity index is 1030. The molecule has 1 aliphatic rings. The zero-order chi connectivity index (χ0) is 22.3. The molecule has 0 radical (unpaired) electrons. The predicted molar refractivity (Wildman–Crippen MR) is 118 cm³/mol. The second-order valence-electron chi connectivity index (χ2n) is 7.16. The average molecular weight is 446 g/mol. The molecule has 1 amide bonds. The van der Waals surface area contributed by atoms with Gasteiger partial charge in [0.1, 0.15) is 0 Å². The highest BCUT2D eigenvalue weighted by Gasteiger charge is 2.25. The van der Waals surface area contributed by atoms with Gasteiger partial charge in [-0.1, -0.05) is 12.8 Å². The number of carbonyl (C=O) groups is 1. The number of hydrogen-bond donors (Lipinski definition) is 1. The van der Waals surface area contributed by atoms with Gasteiger partial charge in [0.15, 0.2) is 11.5 Å². The molecule has 0 saturated carbocycles. The maximum absolute atomic E-state index is 12.8. The zero-order valence-electron chi connectivity index (χ0n) is 17.7. The largest absolute Gasteiger partial charge is 0.493 e. The van der Waals surface area contributed by atoms with E-state index in [1.807, 2.05) is 0 Å². The summed E-state index contributed by atoms with van der Waals surface area (Å²) in [7, 11) is -0.453. The van der Waals surface area contributed by atoms with Crippen LogP contribution >= 0.6 is 0 Å². The van der Waals surface area contributed by atoms with Crippen LogP contribution in [0.1, 0.15) is 41.6 Å². The molecule has 0 aliphatic carbocycles. The number of benzene rings is 2. The molecule has 0 aromatic heterocycles. The van der Waals surface area contributed by atoms with Crippen molar-refractivity contribution in [3.8, 4) is 11.5 Å². The monoisotopic (exact) mass is 445 g/mol. The number of rotatable bonds is 7. The second kappa shape index (κ2) is 10.4. The van der Waals surface area contributed by atoms with Crippen LogP contribution in [0.2, 0.25) is 0 Å². The molecule has 1 saturated heterocycles. The third-order valence-corrected chi connectivity index (χ3v) is 7.02. The van der Waals surface area contributed by atoms with Gasteiger partial charge in [-0.15, -0.1) is 0 Å². The Balaban J connectivity index is 1.64. The summed E-state index contributed by atoms with van der Waals surface area (Å²) < 4.78 is 37.6. The van der Waals surface area contributed by atoms with E-state index in [4.69, 9.17) is 9.47 Å². The number of ether oxygens (including phenoxy) is 2. The van der Waals surface area contributed by atoms with Crippen molar-refractivity contribution in [3.63, 3.8) is 0 Å². The molecule has 1 fully saturated rings. The zero-order valence-corrected chi connectivity index (χ0v) is 18.5. The van der Waals surface area contributed by atoms with Crippen LogP contribution < -0.4 is 14.9 Å². The summed E-state index contributed by atoms with van der Waals surface area (Å²) in [5.41, 5.74) is 3.48. The van der Waals surface area contributed by atoms with E-state index >= 15 is 0 Å². The maximum Gasteiger partial charge on any atom is 0.271 e. The van der Waals surface area contributed by atoms with Crippen molar-refractivity contribution < 1.29 is 22.7 Å². The molecule has 9 heteroatoms. The van der Waals surface area contributed by atoms with Gasteiger partial charge in [0.2, 0.25) is 10.0 Å². The Labute approximate surface area is 182 Å². The lowest BCUT2D eigenvalue weighted by Gasteiger charge is -2.19. The van der Waals surface area contributed by atoms with Crippen LogP contribution in [0.15, 0.2) is 52.5 Å². The third kappa shape index (κ3) is 5.62. The molecule has 1 heterocycles. The number of carbonyl (C=O) groups excluding carboxylic acids is 1. The third-order valence-electron chi connectivity index (χ3n) is 5.11. The molecular weight excluding hydrogens is 418 g/mol. The summed E-state index contributed by atoms with van der Waals surface area (Å²) in [6.07, 6.45) is 5.33. The lowest BCUT2D eigenvalue weighted by Crippen LogP contribution is -2.32. The van der Waals surface area contributed by atoms with E-state index in [0.717, 1.165) is 31.2 Å². The molecular formula is C22H27N3O5S. The van der Waals surface area contributed by atoms with E-state index in [1.165, 1.54) is 41.9 Å². The van der Waals surface area contributed by atoms with Gasteiger partial charge in [-0.3, -0.25) is 4.79 Å². The van der Waals surface area contributed by atoms with Gasteiger partial charge < -0.3 is 9.47 Å². The average Bonchev–Trinajstić information content (AvgIpc) is 3.09. The van der Waals surface area contributed by atoms with E-state index in [0.29, 0.717) is 30.2 Å². The first kappa shape index (κ1) is 22.8. The van der Waals surface area contributed by atoms with Gasteiger partial charge in [-0.25, -0.2) is 13.8 Å². The minimum Gasteiger partial charge on any atom is -0.493 e. The van der Waals surface area contributed by atoms with Crippen molar-refractivity contribution >= 4 is 22.1 Å². The van der Waals surface area contributed by atoms with E-state index in [-0.39, 0.29) is 4.90 Å². The van der Waals surface area contributed by atoms with Gasteiger partial charge in [0.05, 0.1) is 25.3 Å². The normalized spacial score (nSPS) is 15.4. The number of hydrazone groups is 1. The highest BCUT2D eigenvalue weighted by molar-refractivity contribution is 7.89. The van der Waals surface area contributed by atoms with Gasteiger partial charge in [0.25, 0.3) is 5.91 Å². The molecule has 0 bridgehead atoms. The molecule has 166 valence electrons.